The second-order valence-corrected chi connectivity index (χ2v) is 4.94. The predicted octanol–water partition coefficient (Wildman–Crippen LogP) is 3.52. The SMILES string of the molecule is COc1ccc2ccccc2c1C(O)Cc1ccccn1. The lowest BCUT2D eigenvalue weighted by Gasteiger charge is -2.17. The van der Waals surface area contributed by atoms with Crippen molar-refractivity contribution in [1.82, 2.24) is 4.98 Å². The smallest absolute Gasteiger partial charge is 0.125 e. The molecule has 3 aromatic rings. The molecule has 2 aromatic carbocycles. The van der Waals surface area contributed by atoms with Gasteiger partial charge in [-0.15, -0.1) is 0 Å². The number of aliphatic hydroxyl groups is 1. The van der Waals surface area contributed by atoms with Crippen LogP contribution < -0.4 is 4.74 Å². The number of fused-ring (bicyclic) bond motifs is 1. The highest BCUT2D eigenvalue weighted by molar-refractivity contribution is 5.88. The fourth-order valence-electron chi connectivity index (χ4n) is 2.62. The summed E-state index contributed by atoms with van der Waals surface area (Å²) in [5.74, 6) is 0.706. The summed E-state index contributed by atoms with van der Waals surface area (Å²) < 4.78 is 5.43. The fraction of sp³-hybridized carbons (Fsp3) is 0.167. The van der Waals surface area contributed by atoms with Crippen molar-refractivity contribution in [2.24, 2.45) is 0 Å². The summed E-state index contributed by atoms with van der Waals surface area (Å²) in [4.78, 5) is 4.28. The number of ether oxygens (including phenoxy) is 1. The van der Waals surface area contributed by atoms with E-state index in [0.29, 0.717) is 12.2 Å². The average Bonchev–Trinajstić information content (AvgIpc) is 2.54. The first kappa shape index (κ1) is 13.6. The third-order valence-electron chi connectivity index (χ3n) is 3.61. The highest BCUT2D eigenvalue weighted by Gasteiger charge is 2.17. The number of nitrogens with zero attached hydrogens (tertiary/aromatic N) is 1. The molecular weight excluding hydrogens is 262 g/mol. The van der Waals surface area contributed by atoms with Crippen LogP contribution >= 0.6 is 0 Å². The molecule has 3 nitrogen and oxygen atoms in total. The zero-order valence-electron chi connectivity index (χ0n) is 11.9. The van der Waals surface area contributed by atoms with Crippen LogP contribution in [-0.2, 0) is 6.42 Å². The molecule has 0 aliphatic carbocycles. The van der Waals surface area contributed by atoms with Crippen LogP contribution in [0.4, 0.5) is 0 Å². The van der Waals surface area contributed by atoms with Gasteiger partial charge in [-0.05, 0) is 29.0 Å². The van der Waals surface area contributed by atoms with E-state index in [2.05, 4.69) is 4.98 Å². The summed E-state index contributed by atoms with van der Waals surface area (Å²) in [6.07, 6.45) is 1.55. The van der Waals surface area contributed by atoms with Crippen molar-refractivity contribution >= 4 is 10.8 Å². The van der Waals surface area contributed by atoms with Gasteiger partial charge in [0.2, 0.25) is 0 Å². The Hall–Kier alpha value is -2.39. The number of pyridine rings is 1. The largest absolute Gasteiger partial charge is 0.496 e. The van der Waals surface area contributed by atoms with Gasteiger partial charge in [-0.1, -0.05) is 36.4 Å². The van der Waals surface area contributed by atoms with Crippen LogP contribution in [0.1, 0.15) is 17.4 Å². The van der Waals surface area contributed by atoms with Gasteiger partial charge in [0.15, 0.2) is 0 Å². The summed E-state index contributed by atoms with van der Waals surface area (Å²) >= 11 is 0. The number of rotatable bonds is 4. The van der Waals surface area contributed by atoms with E-state index < -0.39 is 6.10 Å². The number of benzene rings is 2. The molecule has 0 spiro atoms. The first-order valence-corrected chi connectivity index (χ1v) is 6.93. The highest BCUT2D eigenvalue weighted by atomic mass is 16.5. The fourth-order valence-corrected chi connectivity index (χ4v) is 2.62. The minimum Gasteiger partial charge on any atom is -0.496 e. The van der Waals surface area contributed by atoms with Crippen molar-refractivity contribution in [3.63, 3.8) is 0 Å². The summed E-state index contributed by atoms with van der Waals surface area (Å²) in [5.41, 5.74) is 1.68. The van der Waals surface area contributed by atoms with Crippen molar-refractivity contribution in [3.05, 3.63) is 72.1 Å². The number of hydrogen-bond donors (Lipinski definition) is 1. The molecule has 21 heavy (non-hydrogen) atoms. The average molecular weight is 279 g/mol. The molecule has 3 rings (SSSR count). The Bertz CT molecular complexity index is 741. The van der Waals surface area contributed by atoms with E-state index in [9.17, 15) is 5.11 Å². The third-order valence-corrected chi connectivity index (χ3v) is 3.61. The maximum absolute atomic E-state index is 10.7. The van der Waals surface area contributed by atoms with Crippen molar-refractivity contribution < 1.29 is 9.84 Å². The third kappa shape index (κ3) is 2.73. The van der Waals surface area contributed by atoms with Crippen molar-refractivity contribution in [1.29, 1.82) is 0 Å². The Balaban J connectivity index is 2.05. The van der Waals surface area contributed by atoms with Gasteiger partial charge in [0, 0.05) is 23.9 Å². The standard InChI is InChI=1S/C18H17NO2/c1-21-17-10-9-13-6-2-3-8-15(13)18(17)16(20)12-14-7-4-5-11-19-14/h2-11,16,20H,12H2,1H3. The predicted molar refractivity (Wildman–Crippen MR) is 83.4 cm³/mol. The van der Waals surface area contributed by atoms with Crippen molar-refractivity contribution in [2.75, 3.05) is 7.11 Å². The second-order valence-electron chi connectivity index (χ2n) is 4.94. The Morgan fingerprint density at radius 2 is 1.86 bits per heavy atom. The first-order chi connectivity index (χ1) is 10.3. The molecule has 0 saturated heterocycles. The van der Waals surface area contributed by atoms with Crippen LogP contribution in [0.2, 0.25) is 0 Å². The van der Waals surface area contributed by atoms with Gasteiger partial charge in [0.05, 0.1) is 13.2 Å². The van der Waals surface area contributed by atoms with Crippen molar-refractivity contribution in [3.8, 4) is 5.75 Å². The van der Waals surface area contributed by atoms with Gasteiger partial charge >= 0.3 is 0 Å². The molecular formula is C18H17NO2. The molecule has 3 heteroatoms. The van der Waals surface area contributed by atoms with E-state index in [0.717, 1.165) is 22.0 Å². The minimum absolute atomic E-state index is 0.463. The molecule has 106 valence electrons. The number of aliphatic hydroxyl groups excluding tert-OH is 1. The van der Waals surface area contributed by atoms with Gasteiger partial charge in [0.1, 0.15) is 5.75 Å². The molecule has 0 bridgehead atoms. The Kier molecular flexibility index (Phi) is 3.84. The highest BCUT2D eigenvalue weighted by Crippen LogP contribution is 2.34. The molecule has 1 heterocycles. The van der Waals surface area contributed by atoms with Crippen LogP contribution in [0.3, 0.4) is 0 Å². The first-order valence-electron chi connectivity index (χ1n) is 6.93. The quantitative estimate of drug-likeness (QED) is 0.794. The van der Waals surface area contributed by atoms with Crippen LogP contribution in [0.5, 0.6) is 5.75 Å². The molecule has 1 atom stereocenters. The molecule has 0 aliphatic rings. The number of hydrogen-bond acceptors (Lipinski definition) is 3. The lowest BCUT2D eigenvalue weighted by Crippen LogP contribution is -2.06. The summed E-state index contributed by atoms with van der Waals surface area (Å²) in [7, 11) is 1.63. The van der Waals surface area contributed by atoms with Crippen LogP contribution in [0.15, 0.2) is 60.8 Å². The molecule has 1 unspecified atom stereocenters. The van der Waals surface area contributed by atoms with Gasteiger partial charge < -0.3 is 9.84 Å². The van der Waals surface area contributed by atoms with Gasteiger partial charge in [-0.2, -0.15) is 0 Å². The second kappa shape index (κ2) is 5.94. The van der Waals surface area contributed by atoms with E-state index in [-0.39, 0.29) is 0 Å². The molecule has 0 aliphatic heterocycles. The maximum atomic E-state index is 10.7. The normalized spacial score (nSPS) is 12.3. The molecule has 1 aromatic heterocycles. The maximum Gasteiger partial charge on any atom is 0.125 e. The van der Waals surface area contributed by atoms with Crippen LogP contribution in [0.25, 0.3) is 10.8 Å². The zero-order valence-corrected chi connectivity index (χ0v) is 11.9. The Labute approximate surface area is 123 Å². The van der Waals surface area contributed by atoms with E-state index in [4.69, 9.17) is 4.74 Å². The Morgan fingerprint density at radius 3 is 2.62 bits per heavy atom. The summed E-state index contributed by atoms with van der Waals surface area (Å²) in [6.45, 7) is 0. The van der Waals surface area contributed by atoms with Crippen LogP contribution in [-0.4, -0.2) is 17.2 Å². The van der Waals surface area contributed by atoms with Crippen LogP contribution in [0, 0.1) is 0 Å². The van der Waals surface area contributed by atoms with Crippen molar-refractivity contribution in [2.45, 2.75) is 12.5 Å². The summed E-state index contributed by atoms with van der Waals surface area (Å²) in [5, 5.41) is 12.8. The van der Waals surface area contributed by atoms with E-state index >= 15 is 0 Å². The topological polar surface area (TPSA) is 42.4 Å². The van der Waals surface area contributed by atoms with Gasteiger partial charge in [-0.25, -0.2) is 0 Å². The molecule has 0 amide bonds. The number of aromatic nitrogens is 1. The summed E-state index contributed by atoms with van der Waals surface area (Å²) in [6, 6.07) is 17.6. The lowest BCUT2D eigenvalue weighted by atomic mass is 9.96. The van der Waals surface area contributed by atoms with Gasteiger partial charge in [-0.3, -0.25) is 4.98 Å². The monoisotopic (exact) mass is 279 g/mol. The lowest BCUT2D eigenvalue weighted by molar-refractivity contribution is 0.174. The molecule has 1 N–H and O–H groups in total. The number of methoxy groups -OCH3 is 1. The van der Waals surface area contributed by atoms with E-state index in [1.54, 1.807) is 13.3 Å². The molecule has 0 saturated carbocycles. The zero-order chi connectivity index (χ0) is 14.7. The minimum atomic E-state index is -0.652. The van der Waals surface area contributed by atoms with E-state index in [1.807, 2.05) is 54.6 Å². The molecule has 0 radical (unpaired) electrons. The van der Waals surface area contributed by atoms with Gasteiger partial charge in [0.25, 0.3) is 0 Å². The molecule has 0 fully saturated rings. The Morgan fingerprint density at radius 1 is 1.05 bits per heavy atom. The van der Waals surface area contributed by atoms with E-state index in [1.165, 1.54) is 0 Å².